The third kappa shape index (κ3) is 4.13. The minimum Gasteiger partial charge on any atom is -0.479 e. The van der Waals surface area contributed by atoms with E-state index in [-0.39, 0.29) is 29.5 Å². The van der Waals surface area contributed by atoms with Crippen molar-refractivity contribution in [2.75, 3.05) is 32.6 Å². The van der Waals surface area contributed by atoms with Gasteiger partial charge in [0, 0.05) is 13.1 Å². The Morgan fingerprint density at radius 2 is 2.06 bits per heavy atom. The van der Waals surface area contributed by atoms with Crippen molar-refractivity contribution in [1.29, 1.82) is 0 Å². The van der Waals surface area contributed by atoms with E-state index in [1.165, 1.54) is 24.7 Å². The van der Waals surface area contributed by atoms with Crippen LogP contribution in [0, 0.1) is 5.82 Å². The molecule has 0 aliphatic carbocycles. The van der Waals surface area contributed by atoms with E-state index in [1.54, 1.807) is 18.2 Å². The van der Waals surface area contributed by atoms with Crippen molar-refractivity contribution >= 4 is 22.5 Å². The number of benzene rings is 1. The molecular formula is C22H24F4N8O. The Hall–Kier alpha value is -3.48. The molecule has 3 aromatic heterocycles. The van der Waals surface area contributed by atoms with E-state index in [1.807, 2.05) is 11.9 Å². The van der Waals surface area contributed by atoms with E-state index >= 15 is 4.39 Å². The van der Waals surface area contributed by atoms with Gasteiger partial charge in [0.1, 0.15) is 23.2 Å². The van der Waals surface area contributed by atoms with Crippen molar-refractivity contribution in [3.05, 3.63) is 30.2 Å². The number of nitrogens with one attached hydrogen (secondary N) is 1. The maximum atomic E-state index is 15.2. The zero-order valence-corrected chi connectivity index (χ0v) is 19.3. The van der Waals surface area contributed by atoms with Crippen molar-refractivity contribution in [2.24, 2.45) is 0 Å². The minimum absolute atomic E-state index is 0.0809. The second kappa shape index (κ2) is 8.95. The van der Waals surface area contributed by atoms with E-state index in [9.17, 15) is 13.2 Å². The lowest BCUT2D eigenvalue weighted by atomic mass is 10.0. The number of methoxy groups -OCH3 is 1. The summed E-state index contributed by atoms with van der Waals surface area (Å²) in [5, 5.41) is 15.1. The molecule has 1 aliphatic rings. The fourth-order valence-electron chi connectivity index (χ4n) is 4.38. The lowest BCUT2D eigenvalue weighted by Crippen LogP contribution is -2.46. The normalized spacial score (nSPS) is 20.1. The Labute approximate surface area is 197 Å². The lowest BCUT2D eigenvalue weighted by Gasteiger charge is -2.32. The lowest BCUT2D eigenvalue weighted by molar-refractivity contribution is 0.0866. The average Bonchev–Trinajstić information content (AvgIpc) is 3.39. The molecule has 1 saturated heterocycles. The molecule has 4 heterocycles. The van der Waals surface area contributed by atoms with Crippen LogP contribution in [0.1, 0.15) is 19.4 Å². The van der Waals surface area contributed by atoms with Crippen LogP contribution in [0.3, 0.4) is 0 Å². The fourth-order valence-corrected chi connectivity index (χ4v) is 4.38. The second-order valence-electron chi connectivity index (χ2n) is 8.72. The summed E-state index contributed by atoms with van der Waals surface area (Å²) in [6, 6.07) is 3.05. The Balaban J connectivity index is 1.57. The van der Waals surface area contributed by atoms with Gasteiger partial charge in [-0.2, -0.15) is 4.98 Å². The summed E-state index contributed by atoms with van der Waals surface area (Å²) in [7, 11) is 3.24. The molecule has 5 rings (SSSR count). The van der Waals surface area contributed by atoms with Gasteiger partial charge >= 0.3 is 0 Å². The van der Waals surface area contributed by atoms with E-state index in [2.05, 4.69) is 25.7 Å². The summed E-state index contributed by atoms with van der Waals surface area (Å²) in [4.78, 5) is 6.25. The van der Waals surface area contributed by atoms with Crippen LogP contribution >= 0.6 is 0 Å². The molecule has 0 radical (unpaired) electrons. The van der Waals surface area contributed by atoms with Crippen LogP contribution in [0.25, 0.3) is 27.7 Å². The minimum atomic E-state index is -2.65. The van der Waals surface area contributed by atoms with Gasteiger partial charge in [0.05, 0.1) is 30.4 Å². The molecule has 35 heavy (non-hydrogen) atoms. The number of hydrogen-bond acceptors (Lipinski definition) is 7. The predicted octanol–water partition coefficient (Wildman–Crippen LogP) is 3.57. The Bertz CT molecular complexity index is 1370. The Morgan fingerprint density at radius 1 is 1.26 bits per heavy atom. The molecule has 0 amide bonds. The van der Waals surface area contributed by atoms with Crippen LogP contribution in [-0.2, 0) is 0 Å². The molecule has 1 fully saturated rings. The molecule has 4 aromatic rings. The Kier molecular flexibility index (Phi) is 5.95. The van der Waals surface area contributed by atoms with Gasteiger partial charge < -0.3 is 15.0 Å². The van der Waals surface area contributed by atoms with Crippen LogP contribution in [0.5, 0.6) is 5.88 Å². The largest absolute Gasteiger partial charge is 0.479 e. The van der Waals surface area contributed by atoms with Gasteiger partial charge in [-0.3, -0.25) is 0 Å². The van der Waals surface area contributed by atoms with Crippen molar-refractivity contribution in [1.82, 2.24) is 34.5 Å². The van der Waals surface area contributed by atoms with Gasteiger partial charge in [-0.05, 0) is 38.1 Å². The Morgan fingerprint density at radius 3 is 2.77 bits per heavy atom. The third-order valence-electron chi connectivity index (χ3n) is 6.32. The van der Waals surface area contributed by atoms with Gasteiger partial charge in [0.15, 0.2) is 5.82 Å². The molecule has 186 valence electrons. The van der Waals surface area contributed by atoms with E-state index in [0.717, 1.165) is 11.2 Å². The first-order chi connectivity index (χ1) is 16.8. The average molecular weight is 492 g/mol. The highest BCUT2D eigenvalue weighted by Gasteiger charge is 2.29. The molecule has 0 saturated carbocycles. The standard InChI is InChI=1S/C22H24F4N8O/c1-11(20(25)26)34-17-8-12(4-5-16(17)29-31-34)18-14(24)10-33-19(18)21(35-3)28-22(30-33)27-15-6-7-32(2)9-13(15)23/h4-5,8,10-11,13,15,20H,6-7,9H2,1-3H3,(H,27,30)/t11-,13-,15+/m0/s1. The summed E-state index contributed by atoms with van der Waals surface area (Å²) < 4.78 is 64.1. The molecule has 0 bridgehead atoms. The zero-order valence-electron chi connectivity index (χ0n) is 19.3. The number of nitrogens with zero attached hydrogens (tertiary/aromatic N) is 7. The number of alkyl halides is 3. The number of aromatic nitrogens is 6. The first-order valence-electron chi connectivity index (χ1n) is 11.1. The summed E-state index contributed by atoms with van der Waals surface area (Å²) >= 11 is 0. The maximum absolute atomic E-state index is 15.2. The molecule has 1 N–H and O–H groups in total. The highest BCUT2D eigenvalue weighted by molar-refractivity contribution is 5.89. The smallest absolute Gasteiger partial charge is 0.260 e. The van der Waals surface area contributed by atoms with Crippen molar-refractivity contribution in [3.63, 3.8) is 0 Å². The van der Waals surface area contributed by atoms with E-state index < -0.39 is 30.5 Å². The second-order valence-corrected chi connectivity index (χ2v) is 8.72. The number of rotatable bonds is 6. The highest BCUT2D eigenvalue weighted by atomic mass is 19.3. The molecule has 9 nitrogen and oxygen atoms in total. The molecule has 0 spiro atoms. The van der Waals surface area contributed by atoms with E-state index in [4.69, 9.17) is 4.74 Å². The first-order valence-corrected chi connectivity index (χ1v) is 11.1. The van der Waals surface area contributed by atoms with Crippen LogP contribution in [-0.4, -0.2) is 80.4 Å². The monoisotopic (exact) mass is 492 g/mol. The quantitative estimate of drug-likeness (QED) is 0.412. The number of anilines is 1. The number of ether oxygens (including phenoxy) is 1. The number of likely N-dealkylation sites (tertiary alicyclic amines) is 1. The predicted molar refractivity (Wildman–Crippen MR) is 121 cm³/mol. The number of piperidine rings is 1. The zero-order chi connectivity index (χ0) is 24.9. The van der Waals surface area contributed by atoms with Crippen LogP contribution < -0.4 is 10.1 Å². The fraction of sp³-hybridized carbons (Fsp3) is 0.455. The number of fused-ring (bicyclic) bond motifs is 2. The highest BCUT2D eigenvalue weighted by Crippen LogP contribution is 2.36. The molecule has 1 aliphatic heterocycles. The summed E-state index contributed by atoms with van der Waals surface area (Å²) in [6.07, 6.45) is -2.03. The number of halogens is 4. The topological polar surface area (TPSA) is 85.4 Å². The van der Waals surface area contributed by atoms with Crippen molar-refractivity contribution in [3.8, 4) is 17.0 Å². The summed E-state index contributed by atoms with van der Waals surface area (Å²) in [5.74, 6) is -0.424. The number of hydrogen-bond donors (Lipinski definition) is 1. The molecule has 1 aromatic carbocycles. The van der Waals surface area contributed by atoms with Gasteiger partial charge in [-0.1, -0.05) is 11.3 Å². The third-order valence-corrected chi connectivity index (χ3v) is 6.32. The summed E-state index contributed by atoms with van der Waals surface area (Å²) in [5.41, 5.74) is 1.51. The molecular weight excluding hydrogens is 468 g/mol. The van der Waals surface area contributed by atoms with Gasteiger partial charge in [0.2, 0.25) is 11.8 Å². The molecule has 13 heteroatoms. The first kappa shape index (κ1) is 23.3. The van der Waals surface area contributed by atoms with Crippen LogP contribution in [0.4, 0.5) is 23.5 Å². The van der Waals surface area contributed by atoms with E-state index in [0.29, 0.717) is 23.0 Å². The van der Waals surface area contributed by atoms with Crippen molar-refractivity contribution < 1.29 is 22.3 Å². The van der Waals surface area contributed by atoms with Crippen LogP contribution in [0.15, 0.2) is 24.4 Å². The molecule has 3 atom stereocenters. The van der Waals surface area contributed by atoms with Gasteiger partial charge in [-0.25, -0.2) is 26.8 Å². The van der Waals surface area contributed by atoms with Gasteiger partial charge in [-0.15, -0.1) is 10.2 Å². The maximum Gasteiger partial charge on any atom is 0.260 e. The summed E-state index contributed by atoms with van der Waals surface area (Å²) in [6.45, 7) is 2.34. The van der Waals surface area contributed by atoms with Crippen LogP contribution in [0.2, 0.25) is 0 Å². The SMILES string of the molecule is COc1nc(N[C@@H]2CCN(C)C[C@@H]2F)nn2cc(F)c(-c3ccc4nnn([C@@H](C)C(F)F)c4c3)c12. The van der Waals surface area contributed by atoms with Crippen molar-refractivity contribution in [2.45, 2.75) is 38.0 Å². The van der Waals surface area contributed by atoms with Gasteiger partial charge in [0.25, 0.3) is 6.43 Å². The molecule has 0 unspecified atom stereocenters.